The Hall–Kier alpha value is -3.53. The van der Waals surface area contributed by atoms with Crippen molar-refractivity contribution < 1.29 is 5.11 Å². The highest BCUT2D eigenvalue weighted by molar-refractivity contribution is 5.72. The minimum absolute atomic E-state index is 0.181. The zero-order chi connectivity index (χ0) is 23.0. The first-order valence-electron chi connectivity index (χ1n) is 11.0. The van der Waals surface area contributed by atoms with E-state index in [9.17, 15) is 5.11 Å². The second-order valence-corrected chi connectivity index (χ2v) is 8.87. The number of benzene rings is 3. The van der Waals surface area contributed by atoms with Crippen molar-refractivity contribution in [3.05, 3.63) is 82.4 Å². The van der Waals surface area contributed by atoms with E-state index in [1.165, 1.54) is 11.1 Å². The molecule has 0 spiro atoms. The van der Waals surface area contributed by atoms with E-state index < -0.39 is 0 Å². The fourth-order valence-electron chi connectivity index (χ4n) is 3.96. The summed E-state index contributed by atoms with van der Waals surface area (Å²) in [6.07, 6.45) is 0. The van der Waals surface area contributed by atoms with E-state index in [-0.39, 0.29) is 5.75 Å². The Kier molecular flexibility index (Phi) is 5.79. The summed E-state index contributed by atoms with van der Waals surface area (Å²) in [5.74, 6) is 2.19. The average Bonchev–Trinajstić information content (AvgIpc) is 2.73. The van der Waals surface area contributed by atoms with Crippen LogP contribution in [-0.2, 0) is 0 Å². The maximum atomic E-state index is 10.8. The zero-order valence-electron chi connectivity index (χ0n) is 19.6. The highest BCUT2D eigenvalue weighted by Crippen LogP contribution is 2.33. The van der Waals surface area contributed by atoms with Crippen LogP contribution in [0.25, 0.3) is 34.2 Å². The second-order valence-electron chi connectivity index (χ2n) is 8.87. The van der Waals surface area contributed by atoms with Gasteiger partial charge in [0, 0.05) is 11.1 Å². The standard InChI is InChI=1S/C28H29N3O/c1-16(2)21-9-12-24(25(32)15-21)28-30-26(22-10-7-17(3)13-19(22)5)29-27(31-28)23-11-8-18(4)14-20(23)6/h7-16,32H,1-6H3. The molecule has 0 unspecified atom stereocenters. The Morgan fingerprint density at radius 3 is 1.44 bits per heavy atom. The second kappa shape index (κ2) is 8.54. The number of aryl methyl sites for hydroxylation is 4. The van der Waals surface area contributed by atoms with Gasteiger partial charge in [0.05, 0.1) is 5.56 Å². The van der Waals surface area contributed by atoms with Gasteiger partial charge in [0.15, 0.2) is 17.5 Å². The first-order valence-corrected chi connectivity index (χ1v) is 11.0. The lowest BCUT2D eigenvalue weighted by Gasteiger charge is -2.13. The minimum atomic E-state index is 0.181. The van der Waals surface area contributed by atoms with Crippen LogP contribution in [0.15, 0.2) is 54.6 Å². The van der Waals surface area contributed by atoms with Crippen LogP contribution in [0.2, 0.25) is 0 Å². The smallest absolute Gasteiger partial charge is 0.167 e. The predicted molar refractivity (Wildman–Crippen MR) is 131 cm³/mol. The van der Waals surface area contributed by atoms with Crippen molar-refractivity contribution in [2.24, 2.45) is 0 Å². The molecule has 0 saturated heterocycles. The number of aromatic nitrogens is 3. The van der Waals surface area contributed by atoms with Crippen molar-refractivity contribution in [3.63, 3.8) is 0 Å². The summed E-state index contributed by atoms with van der Waals surface area (Å²) in [6, 6.07) is 18.2. The molecule has 0 fully saturated rings. The molecule has 0 radical (unpaired) electrons. The molecule has 0 aliphatic heterocycles. The molecule has 0 aliphatic carbocycles. The Morgan fingerprint density at radius 1 is 0.594 bits per heavy atom. The van der Waals surface area contributed by atoms with Crippen LogP contribution >= 0.6 is 0 Å². The number of aromatic hydroxyl groups is 1. The fourth-order valence-corrected chi connectivity index (χ4v) is 3.96. The molecule has 0 bridgehead atoms. The zero-order valence-corrected chi connectivity index (χ0v) is 19.6. The third-order valence-electron chi connectivity index (χ3n) is 5.81. The quantitative estimate of drug-likeness (QED) is 0.386. The number of nitrogens with zero attached hydrogens (tertiary/aromatic N) is 3. The topological polar surface area (TPSA) is 58.9 Å². The molecular weight excluding hydrogens is 394 g/mol. The number of hydrogen-bond acceptors (Lipinski definition) is 4. The molecule has 0 saturated carbocycles. The molecule has 3 aromatic carbocycles. The van der Waals surface area contributed by atoms with Crippen molar-refractivity contribution in [1.82, 2.24) is 15.0 Å². The highest BCUT2D eigenvalue weighted by atomic mass is 16.3. The van der Waals surface area contributed by atoms with E-state index in [4.69, 9.17) is 15.0 Å². The summed E-state index contributed by atoms with van der Waals surface area (Å²) in [6.45, 7) is 12.5. The molecule has 0 aliphatic rings. The molecule has 1 N–H and O–H groups in total. The van der Waals surface area contributed by atoms with Gasteiger partial charge in [0.2, 0.25) is 0 Å². The Bertz CT molecular complexity index is 1240. The largest absolute Gasteiger partial charge is 0.507 e. The summed E-state index contributed by atoms with van der Waals surface area (Å²) in [4.78, 5) is 14.4. The summed E-state index contributed by atoms with van der Waals surface area (Å²) < 4.78 is 0. The summed E-state index contributed by atoms with van der Waals surface area (Å²) in [5.41, 5.74) is 8.20. The van der Waals surface area contributed by atoms with Crippen LogP contribution in [0.5, 0.6) is 5.75 Å². The maximum absolute atomic E-state index is 10.8. The van der Waals surface area contributed by atoms with Gasteiger partial charge in [-0.3, -0.25) is 0 Å². The van der Waals surface area contributed by atoms with Gasteiger partial charge in [-0.25, -0.2) is 15.0 Å². The SMILES string of the molecule is Cc1ccc(-c2nc(-c3ccc(C)cc3C)nc(-c3ccc(C(C)C)cc3O)n2)c(C)c1. The monoisotopic (exact) mass is 423 g/mol. The normalized spacial score (nSPS) is 11.2. The van der Waals surface area contributed by atoms with Gasteiger partial charge in [0.25, 0.3) is 0 Å². The molecule has 4 heteroatoms. The van der Waals surface area contributed by atoms with E-state index in [0.717, 1.165) is 27.8 Å². The highest BCUT2D eigenvalue weighted by Gasteiger charge is 2.17. The van der Waals surface area contributed by atoms with Crippen LogP contribution in [0, 0.1) is 27.7 Å². The number of rotatable bonds is 4. The van der Waals surface area contributed by atoms with Crippen molar-refractivity contribution in [3.8, 4) is 39.9 Å². The third kappa shape index (κ3) is 4.26. The van der Waals surface area contributed by atoms with Gasteiger partial charge in [0.1, 0.15) is 5.75 Å². The van der Waals surface area contributed by atoms with Crippen LogP contribution in [-0.4, -0.2) is 20.1 Å². The van der Waals surface area contributed by atoms with E-state index in [0.29, 0.717) is 29.0 Å². The molecule has 0 amide bonds. The fraction of sp³-hybridized carbons (Fsp3) is 0.250. The first-order chi connectivity index (χ1) is 15.2. The van der Waals surface area contributed by atoms with Crippen LogP contribution in [0.4, 0.5) is 0 Å². The molecule has 4 aromatic rings. The van der Waals surface area contributed by atoms with Gasteiger partial charge in [-0.05, 0) is 62.4 Å². The third-order valence-corrected chi connectivity index (χ3v) is 5.81. The van der Waals surface area contributed by atoms with Crippen molar-refractivity contribution in [2.45, 2.75) is 47.5 Å². The first kappa shape index (κ1) is 21.7. The molecule has 4 nitrogen and oxygen atoms in total. The Labute approximate surface area is 190 Å². The lowest BCUT2D eigenvalue weighted by molar-refractivity contribution is 0.475. The molecule has 32 heavy (non-hydrogen) atoms. The average molecular weight is 424 g/mol. The van der Waals surface area contributed by atoms with E-state index in [1.54, 1.807) is 6.07 Å². The van der Waals surface area contributed by atoms with Crippen LogP contribution < -0.4 is 0 Å². The molecule has 1 heterocycles. The number of hydrogen-bond donors (Lipinski definition) is 1. The Morgan fingerprint density at radius 2 is 1.03 bits per heavy atom. The molecule has 0 atom stereocenters. The summed E-state index contributed by atoms with van der Waals surface area (Å²) >= 11 is 0. The van der Waals surface area contributed by atoms with Crippen molar-refractivity contribution >= 4 is 0 Å². The Balaban J connectivity index is 1.96. The van der Waals surface area contributed by atoms with E-state index >= 15 is 0 Å². The minimum Gasteiger partial charge on any atom is -0.507 e. The molecular formula is C28H29N3O. The summed E-state index contributed by atoms with van der Waals surface area (Å²) in [5, 5.41) is 10.8. The molecule has 4 rings (SSSR count). The van der Waals surface area contributed by atoms with E-state index in [1.807, 2.05) is 12.1 Å². The lowest BCUT2D eigenvalue weighted by Crippen LogP contribution is -2.02. The van der Waals surface area contributed by atoms with Crippen molar-refractivity contribution in [1.29, 1.82) is 0 Å². The predicted octanol–water partition coefficient (Wildman–Crippen LogP) is 6.94. The van der Waals surface area contributed by atoms with Gasteiger partial charge in [-0.15, -0.1) is 0 Å². The maximum Gasteiger partial charge on any atom is 0.167 e. The number of phenols is 1. The molecule has 1 aromatic heterocycles. The van der Waals surface area contributed by atoms with E-state index in [2.05, 4.69) is 77.9 Å². The number of phenolic OH excluding ortho intramolecular Hbond substituents is 1. The van der Waals surface area contributed by atoms with Gasteiger partial charge < -0.3 is 5.11 Å². The summed E-state index contributed by atoms with van der Waals surface area (Å²) in [7, 11) is 0. The lowest BCUT2D eigenvalue weighted by atomic mass is 10.0. The van der Waals surface area contributed by atoms with Crippen LogP contribution in [0.3, 0.4) is 0 Å². The van der Waals surface area contributed by atoms with Crippen molar-refractivity contribution in [2.75, 3.05) is 0 Å². The van der Waals surface area contributed by atoms with Gasteiger partial charge >= 0.3 is 0 Å². The van der Waals surface area contributed by atoms with Gasteiger partial charge in [-0.2, -0.15) is 0 Å². The van der Waals surface area contributed by atoms with Gasteiger partial charge in [-0.1, -0.05) is 67.4 Å². The van der Waals surface area contributed by atoms with Crippen LogP contribution in [0.1, 0.15) is 47.6 Å². The molecule has 162 valence electrons.